The summed E-state index contributed by atoms with van der Waals surface area (Å²) in [6.07, 6.45) is 2.12. The zero-order valence-corrected chi connectivity index (χ0v) is 9.27. The number of hydrogen-bond acceptors (Lipinski definition) is 2. The van der Waals surface area contributed by atoms with Gasteiger partial charge in [-0.2, -0.15) is 0 Å². The largest absolute Gasteiger partial charge is 0.399 e. The Bertz CT molecular complexity index is 457. The quantitative estimate of drug-likeness (QED) is 0.772. The lowest BCUT2D eigenvalue weighted by Crippen LogP contribution is -2.17. The Labute approximate surface area is 90.1 Å². The highest BCUT2D eigenvalue weighted by molar-refractivity contribution is 5.83. The molecule has 3 heteroatoms. The van der Waals surface area contributed by atoms with Gasteiger partial charge in [-0.25, -0.2) is 0 Å². The van der Waals surface area contributed by atoms with E-state index in [1.807, 2.05) is 12.1 Å². The minimum Gasteiger partial charge on any atom is -0.399 e. The van der Waals surface area contributed by atoms with Crippen molar-refractivity contribution in [2.75, 3.05) is 26.4 Å². The summed E-state index contributed by atoms with van der Waals surface area (Å²) in [4.78, 5) is 2.18. The molecule has 2 aromatic rings. The van der Waals surface area contributed by atoms with Crippen molar-refractivity contribution in [3.05, 3.63) is 30.5 Å². The second-order valence-electron chi connectivity index (χ2n) is 4.13. The van der Waals surface area contributed by atoms with Gasteiger partial charge < -0.3 is 15.2 Å². The highest BCUT2D eigenvalue weighted by Crippen LogP contribution is 2.18. The average molecular weight is 203 g/mol. The Hall–Kier alpha value is -1.48. The Morgan fingerprint density at radius 2 is 2.07 bits per heavy atom. The summed E-state index contributed by atoms with van der Waals surface area (Å²) < 4.78 is 2.24. The van der Waals surface area contributed by atoms with Gasteiger partial charge in [-0.3, -0.25) is 0 Å². The molecule has 2 rings (SSSR count). The first kappa shape index (κ1) is 10.1. The summed E-state index contributed by atoms with van der Waals surface area (Å²) in [6, 6.07) is 8.17. The third kappa shape index (κ3) is 2.13. The van der Waals surface area contributed by atoms with Gasteiger partial charge in [0.25, 0.3) is 0 Å². The van der Waals surface area contributed by atoms with Crippen molar-refractivity contribution in [2.24, 2.45) is 0 Å². The summed E-state index contributed by atoms with van der Waals surface area (Å²) in [7, 11) is 4.17. The molecule has 1 aromatic heterocycles. The molecular weight excluding hydrogens is 186 g/mol. The maximum Gasteiger partial charge on any atom is 0.0501 e. The minimum absolute atomic E-state index is 0.826. The van der Waals surface area contributed by atoms with Gasteiger partial charge in [0.15, 0.2) is 0 Å². The molecule has 15 heavy (non-hydrogen) atoms. The van der Waals surface area contributed by atoms with Gasteiger partial charge in [-0.1, -0.05) is 6.07 Å². The van der Waals surface area contributed by atoms with Crippen molar-refractivity contribution in [2.45, 2.75) is 6.54 Å². The van der Waals surface area contributed by atoms with Crippen LogP contribution >= 0.6 is 0 Å². The normalized spacial score (nSPS) is 11.4. The number of benzene rings is 1. The molecule has 0 saturated heterocycles. The van der Waals surface area contributed by atoms with Crippen LogP contribution < -0.4 is 5.73 Å². The summed E-state index contributed by atoms with van der Waals surface area (Å²) in [5.74, 6) is 0. The molecule has 2 N–H and O–H groups in total. The van der Waals surface area contributed by atoms with Crippen molar-refractivity contribution in [3.63, 3.8) is 0 Å². The van der Waals surface area contributed by atoms with E-state index in [0.717, 1.165) is 18.8 Å². The number of fused-ring (bicyclic) bond motifs is 1. The van der Waals surface area contributed by atoms with E-state index in [9.17, 15) is 0 Å². The Kier molecular flexibility index (Phi) is 2.64. The first-order valence-electron chi connectivity index (χ1n) is 5.16. The molecule has 0 aliphatic heterocycles. The zero-order valence-electron chi connectivity index (χ0n) is 9.27. The highest BCUT2D eigenvalue weighted by Gasteiger charge is 2.01. The lowest BCUT2D eigenvalue weighted by atomic mass is 10.2. The van der Waals surface area contributed by atoms with E-state index in [4.69, 9.17) is 5.73 Å². The number of rotatable bonds is 3. The lowest BCUT2D eigenvalue weighted by Gasteiger charge is -2.11. The first-order valence-corrected chi connectivity index (χ1v) is 5.16. The van der Waals surface area contributed by atoms with Crippen LogP contribution in [0.2, 0.25) is 0 Å². The van der Waals surface area contributed by atoms with Crippen LogP contribution in [0.5, 0.6) is 0 Å². The van der Waals surface area contributed by atoms with Gasteiger partial charge >= 0.3 is 0 Å². The Morgan fingerprint density at radius 3 is 2.80 bits per heavy atom. The third-order valence-corrected chi connectivity index (χ3v) is 2.59. The number of aromatic nitrogens is 1. The zero-order chi connectivity index (χ0) is 10.8. The van der Waals surface area contributed by atoms with Crippen LogP contribution in [0.25, 0.3) is 10.9 Å². The predicted molar refractivity (Wildman–Crippen MR) is 64.9 cm³/mol. The molecule has 1 heterocycles. The van der Waals surface area contributed by atoms with Crippen LogP contribution in [-0.2, 0) is 6.54 Å². The number of nitrogens with zero attached hydrogens (tertiary/aromatic N) is 2. The molecule has 0 saturated carbocycles. The van der Waals surface area contributed by atoms with Gasteiger partial charge in [0, 0.05) is 25.0 Å². The third-order valence-electron chi connectivity index (χ3n) is 2.59. The molecule has 0 aliphatic rings. The fourth-order valence-corrected chi connectivity index (χ4v) is 1.70. The monoisotopic (exact) mass is 203 g/mol. The van der Waals surface area contributed by atoms with Crippen molar-refractivity contribution in [1.82, 2.24) is 9.47 Å². The summed E-state index contributed by atoms with van der Waals surface area (Å²) in [5, 5.41) is 1.25. The molecule has 0 aliphatic carbocycles. The second-order valence-corrected chi connectivity index (χ2v) is 4.13. The van der Waals surface area contributed by atoms with Gasteiger partial charge in [-0.05, 0) is 37.7 Å². The van der Waals surface area contributed by atoms with Gasteiger partial charge in [0.1, 0.15) is 0 Å². The number of nitrogen functional groups attached to an aromatic ring is 1. The minimum atomic E-state index is 0.826. The van der Waals surface area contributed by atoms with Crippen LogP contribution in [0.4, 0.5) is 5.69 Å². The van der Waals surface area contributed by atoms with Gasteiger partial charge in [-0.15, -0.1) is 0 Å². The first-order chi connectivity index (χ1) is 7.16. The molecular formula is C12H17N3. The van der Waals surface area contributed by atoms with E-state index >= 15 is 0 Å². The maximum absolute atomic E-state index is 5.78. The van der Waals surface area contributed by atoms with Crippen molar-refractivity contribution in [1.29, 1.82) is 0 Å². The molecule has 0 atom stereocenters. The van der Waals surface area contributed by atoms with E-state index in [1.165, 1.54) is 10.9 Å². The standard InChI is InChI=1S/C12H17N3/c1-14(2)7-8-15-6-5-10-3-4-11(13)9-12(10)15/h3-6,9H,7-8,13H2,1-2H3. The molecule has 0 radical (unpaired) electrons. The van der Waals surface area contributed by atoms with Crippen LogP contribution in [0.15, 0.2) is 30.5 Å². The lowest BCUT2D eigenvalue weighted by molar-refractivity contribution is 0.387. The number of nitrogens with two attached hydrogens (primary N) is 1. The van der Waals surface area contributed by atoms with Crippen molar-refractivity contribution < 1.29 is 0 Å². The number of anilines is 1. The summed E-state index contributed by atoms with van der Waals surface area (Å²) >= 11 is 0. The molecule has 0 unspecified atom stereocenters. The fourth-order valence-electron chi connectivity index (χ4n) is 1.70. The van der Waals surface area contributed by atoms with E-state index in [0.29, 0.717) is 0 Å². The number of hydrogen-bond donors (Lipinski definition) is 1. The SMILES string of the molecule is CN(C)CCn1ccc2ccc(N)cc21. The Balaban J connectivity index is 2.31. The maximum atomic E-state index is 5.78. The average Bonchev–Trinajstić information content (AvgIpc) is 2.57. The van der Waals surface area contributed by atoms with Crippen molar-refractivity contribution >= 4 is 16.6 Å². The fraction of sp³-hybridized carbons (Fsp3) is 0.333. The van der Waals surface area contributed by atoms with Crippen LogP contribution in [0.1, 0.15) is 0 Å². The molecule has 0 fully saturated rings. The molecule has 1 aromatic carbocycles. The predicted octanol–water partition coefficient (Wildman–Crippen LogP) is 1.79. The topological polar surface area (TPSA) is 34.2 Å². The second kappa shape index (κ2) is 3.95. The molecule has 80 valence electrons. The van der Waals surface area contributed by atoms with E-state index in [2.05, 4.69) is 41.9 Å². The molecule has 0 amide bonds. The van der Waals surface area contributed by atoms with E-state index < -0.39 is 0 Å². The number of likely N-dealkylation sites (N-methyl/N-ethyl adjacent to an activating group) is 1. The van der Waals surface area contributed by atoms with Gasteiger partial charge in [0.2, 0.25) is 0 Å². The van der Waals surface area contributed by atoms with Crippen LogP contribution in [-0.4, -0.2) is 30.1 Å². The van der Waals surface area contributed by atoms with Gasteiger partial charge in [0.05, 0.1) is 5.52 Å². The Morgan fingerprint density at radius 1 is 1.27 bits per heavy atom. The van der Waals surface area contributed by atoms with Crippen LogP contribution in [0.3, 0.4) is 0 Å². The smallest absolute Gasteiger partial charge is 0.0501 e. The molecule has 0 bridgehead atoms. The van der Waals surface area contributed by atoms with E-state index in [-0.39, 0.29) is 0 Å². The van der Waals surface area contributed by atoms with Crippen LogP contribution in [0, 0.1) is 0 Å². The summed E-state index contributed by atoms with van der Waals surface area (Å²) in [5.41, 5.74) is 7.83. The molecule has 0 spiro atoms. The molecule has 3 nitrogen and oxygen atoms in total. The van der Waals surface area contributed by atoms with Crippen molar-refractivity contribution in [3.8, 4) is 0 Å². The van der Waals surface area contributed by atoms with E-state index in [1.54, 1.807) is 0 Å². The highest BCUT2D eigenvalue weighted by atomic mass is 15.1. The summed E-state index contributed by atoms with van der Waals surface area (Å²) in [6.45, 7) is 2.04.